The van der Waals surface area contributed by atoms with E-state index in [0.717, 1.165) is 11.3 Å². The average Bonchev–Trinajstić information content (AvgIpc) is 3.03. The molecule has 2 atom stereocenters. The van der Waals surface area contributed by atoms with Crippen LogP contribution in [0, 0.1) is 29.0 Å². The van der Waals surface area contributed by atoms with Crippen LogP contribution in [0.15, 0.2) is 18.2 Å². The molecule has 1 aromatic heterocycles. The number of benzene rings is 1. The zero-order valence-electron chi connectivity index (χ0n) is 17.1. The van der Waals surface area contributed by atoms with Gasteiger partial charge in [0.1, 0.15) is 17.6 Å². The Hall–Kier alpha value is -3.25. The largest absolute Gasteiger partial charge is 0.326 e. The molecule has 1 aliphatic carbocycles. The molecule has 2 amide bonds. The number of nitriles is 1. The lowest BCUT2D eigenvalue weighted by Gasteiger charge is -2.29. The number of fused-ring (bicyclic) bond motifs is 3. The van der Waals surface area contributed by atoms with Crippen LogP contribution in [0.1, 0.15) is 34.2 Å². The van der Waals surface area contributed by atoms with Gasteiger partial charge in [-0.25, -0.2) is 9.40 Å². The number of nitrogens with one attached hydrogen (secondary N) is 1. The number of likely N-dealkylation sites (N-methyl/N-ethyl adjacent to an activating group) is 1. The third-order valence-corrected chi connectivity index (χ3v) is 6.10. The number of aromatic nitrogens is 2. The van der Waals surface area contributed by atoms with Crippen LogP contribution in [0.2, 0.25) is 0 Å². The summed E-state index contributed by atoms with van der Waals surface area (Å²) < 4.78 is 15.3. The smallest absolute Gasteiger partial charge is 0.286 e. The highest BCUT2D eigenvalue weighted by molar-refractivity contribution is 5.96. The number of amides is 2. The van der Waals surface area contributed by atoms with Crippen molar-refractivity contribution in [2.75, 3.05) is 26.0 Å². The minimum Gasteiger partial charge on any atom is -0.326 e. The van der Waals surface area contributed by atoms with Crippen LogP contribution in [0.4, 0.5) is 10.1 Å². The summed E-state index contributed by atoms with van der Waals surface area (Å²) in [5, 5.41) is 19.9. The Labute approximate surface area is 173 Å². The van der Waals surface area contributed by atoms with Crippen LogP contribution < -0.4 is 5.32 Å². The van der Waals surface area contributed by atoms with Crippen molar-refractivity contribution in [1.29, 1.82) is 5.26 Å². The van der Waals surface area contributed by atoms with E-state index in [1.807, 2.05) is 19.0 Å². The Balaban J connectivity index is 1.61. The number of hydrogen-bond acceptors (Lipinski definition) is 5. The van der Waals surface area contributed by atoms with Crippen molar-refractivity contribution in [2.24, 2.45) is 11.8 Å². The van der Waals surface area contributed by atoms with Crippen LogP contribution in [0.25, 0.3) is 0 Å². The lowest BCUT2D eigenvalue weighted by Crippen LogP contribution is -2.41. The highest BCUT2D eigenvalue weighted by atomic mass is 19.1. The van der Waals surface area contributed by atoms with E-state index in [4.69, 9.17) is 5.26 Å². The Morgan fingerprint density at radius 2 is 2.07 bits per heavy atom. The van der Waals surface area contributed by atoms with Gasteiger partial charge >= 0.3 is 0 Å². The van der Waals surface area contributed by atoms with Crippen molar-refractivity contribution in [2.45, 2.75) is 26.3 Å². The van der Waals surface area contributed by atoms with Crippen molar-refractivity contribution in [3.63, 3.8) is 0 Å². The summed E-state index contributed by atoms with van der Waals surface area (Å²) in [6, 6.07) is 5.71. The van der Waals surface area contributed by atoms with Gasteiger partial charge in [0, 0.05) is 37.8 Å². The van der Waals surface area contributed by atoms with Gasteiger partial charge in [-0.15, -0.1) is 0 Å². The highest BCUT2D eigenvalue weighted by Gasteiger charge is 2.38. The summed E-state index contributed by atoms with van der Waals surface area (Å²) in [6.45, 7) is 3.26. The number of anilines is 1. The van der Waals surface area contributed by atoms with Crippen molar-refractivity contribution in [1.82, 2.24) is 19.8 Å². The van der Waals surface area contributed by atoms with E-state index in [2.05, 4.69) is 10.4 Å². The molecule has 2 aromatic rings. The molecule has 4 rings (SSSR count). The fourth-order valence-corrected chi connectivity index (χ4v) is 4.17. The number of hydrogen-bond donors (Lipinski definition) is 1. The van der Waals surface area contributed by atoms with Gasteiger partial charge in [0.25, 0.3) is 5.91 Å². The highest BCUT2D eigenvalue weighted by Crippen LogP contribution is 2.34. The van der Waals surface area contributed by atoms with Gasteiger partial charge in [-0.1, -0.05) is 6.92 Å². The summed E-state index contributed by atoms with van der Waals surface area (Å²) in [4.78, 5) is 26.0. The van der Waals surface area contributed by atoms with E-state index >= 15 is 0 Å². The number of carbonyl (C=O) groups is 2. The first-order chi connectivity index (χ1) is 14.3. The van der Waals surface area contributed by atoms with Crippen molar-refractivity contribution in [3.8, 4) is 6.07 Å². The molecule has 0 spiro atoms. The molecule has 0 fully saturated rings. The average molecular weight is 410 g/mol. The van der Waals surface area contributed by atoms with Crippen LogP contribution in [0.5, 0.6) is 0 Å². The van der Waals surface area contributed by atoms with Gasteiger partial charge in [-0.2, -0.15) is 10.4 Å². The minimum absolute atomic E-state index is 0.0306. The van der Waals surface area contributed by atoms with E-state index < -0.39 is 5.82 Å². The number of carbonyl (C=O) groups excluding carboxylic acids is 2. The molecule has 1 aliphatic heterocycles. The Bertz CT molecular complexity index is 1070. The van der Waals surface area contributed by atoms with Crippen LogP contribution in [-0.2, 0) is 24.2 Å². The summed E-state index contributed by atoms with van der Waals surface area (Å²) in [6.07, 6.45) is 1.01. The Kier molecular flexibility index (Phi) is 5.03. The second-order valence-electron chi connectivity index (χ2n) is 7.99. The topological polar surface area (TPSA) is 94.3 Å². The first kappa shape index (κ1) is 20.0. The lowest BCUT2D eigenvalue weighted by molar-refractivity contribution is -0.121. The van der Waals surface area contributed by atoms with E-state index in [-0.39, 0.29) is 29.2 Å². The molecule has 2 heterocycles. The zero-order chi connectivity index (χ0) is 21.6. The number of hydrazine groups is 1. The molecule has 1 unspecified atom stereocenters. The van der Waals surface area contributed by atoms with Gasteiger partial charge < -0.3 is 5.32 Å². The monoisotopic (exact) mass is 410 g/mol. The molecular weight excluding hydrogens is 387 g/mol. The standard InChI is InChI=1S/C21H23FN6O2/c1-12-8-18-16(19-21(30)27(3)26(2)6-7-28(19)25-18)10-15(12)20(29)24-14-4-5-17(22)13(9-14)11-23/h4-5,9,12,15H,6-8,10H2,1-3H3,(H,24,29)/t12-,15?/m1/s1. The lowest BCUT2D eigenvalue weighted by atomic mass is 9.78. The zero-order valence-corrected chi connectivity index (χ0v) is 17.1. The maximum atomic E-state index is 13.6. The maximum absolute atomic E-state index is 13.6. The van der Waals surface area contributed by atoms with E-state index in [1.165, 1.54) is 18.2 Å². The molecule has 9 heteroatoms. The van der Waals surface area contributed by atoms with E-state index in [1.54, 1.807) is 22.8 Å². The van der Waals surface area contributed by atoms with Crippen molar-refractivity contribution in [3.05, 3.63) is 46.5 Å². The third kappa shape index (κ3) is 3.33. The molecule has 2 aliphatic rings. The van der Waals surface area contributed by atoms with E-state index in [9.17, 15) is 14.0 Å². The van der Waals surface area contributed by atoms with Crippen molar-refractivity contribution >= 4 is 17.5 Å². The summed E-state index contributed by atoms with van der Waals surface area (Å²) in [7, 11) is 3.58. The number of halogens is 1. The molecule has 1 aromatic carbocycles. The predicted octanol–water partition coefficient (Wildman–Crippen LogP) is 1.82. The van der Waals surface area contributed by atoms with Crippen LogP contribution in [-0.4, -0.2) is 52.3 Å². The fourth-order valence-electron chi connectivity index (χ4n) is 4.17. The van der Waals surface area contributed by atoms with Gasteiger partial charge in [-0.05, 0) is 37.0 Å². The first-order valence-electron chi connectivity index (χ1n) is 9.88. The van der Waals surface area contributed by atoms with Crippen molar-refractivity contribution < 1.29 is 14.0 Å². The maximum Gasteiger partial charge on any atom is 0.286 e. The molecule has 0 radical (unpaired) electrons. The SMILES string of the molecule is C[C@@H]1Cc2nn3c(c2CC1C(=O)Nc1ccc(F)c(C#N)c1)C(=O)N(C)N(C)CC3. The number of rotatable bonds is 2. The first-order valence-corrected chi connectivity index (χ1v) is 9.88. The van der Waals surface area contributed by atoms with Crippen LogP contribution >= 0.6 is 0 Å². The van der Waals surface area contributed by atoms with Crippen LogP contribution in [0.3, 0.4) is 0 Å². The molecule has 0 bridgehead atoms. The quantitative estimate of drug-likeness (QED) is 0.815. The summed E-state index contributed by atoms with van der Waals surface area (Å²) in [5.41, 5.74) is 2.52. The third-order valence-electron chi connectivity index (χ3n) is 6.10. The molecule has 8 nitrogen and oxygen atoms in total. The summed E-state index contributed by atoms with van der Waals surface area (Å²) in [5.74, 6) is -1.30. The Morgan fingerprint density at radius 1 is 1.30 bits per heavy atom. The predicted molar refractivity (Wildman–Crippen MR) is 107 cm³/mol. The second kappa shape index (κ2) is 7.54. The van der Waals surface area contributed by atoms with Gasteiger partial charge in [0.2, 0.25) is 5.91 Å². The molecule has 156 valence electrons. The van der Waals surface area contributed by atoms with E-state index in [0.29, 0.717) is 37.3 Å². The second-order valence-corrected chi connectivity index (χ2v) is 7.99. The normalized spacial score (nSPS) is 21.4. The molecule has 1 N–H and O–H groups in total. The molecule has 0 saturated heterocycles. The number of nitrogens with zero attached hydrogens (tertiary/aromatic N) is 5. The Morgan fingerprint density at radius 3 is 2.80 bits per heavy atom. The fraction of sp³-hybridized carbons (Fsp3) is 0.429. The molecule has 0 saturated carbocycles. The van der Waals surface area contributed by atoms with Gasteiger partial charge in [-0.3, -0.25) is 19.3 Å². The molecular formula is C21H23FN6O2. The summed E-state index contributed by atoms with van der Waals surface area (Å²) >= 11 is 0. The minimum atomic E-state index is -0.624. The van der Waals surface area contributed by atoms with Gasteiger partial charge in [0.05, 0.1) is 17.8 Å². The van der Waals surface area contributed by atoms with Gasteiger partial charge in [0.15, 0.2) is 0 Å². The molecule has 30 heavy (non-hydrogen) atoms.